The van der Waals surface area contributed by atoms with Gasteiger partial charge in [-0.2, -0.15) is 0 Å². The first kappa shape index (κ1) is 34.2. The Bertz CT molecular complexity index is 4160. The van der Waals surface area contributed by atoms with Crippen LogP contribution in [0.25, 0.3) is 134 Å². The van der Waals surface area contributed by atoms with Crippen molar-refractivity contribution in [3.05, 3.63) is 194 Å². The van der Waals surface area contributed by atoms with E-state index < -0.39 is 0 Å². The number of hydrogen-bond acceptors (Lipinski definition) is 4. The lowest BCUT2D eigenvalue weighted by Crippen LogP contribution is -1.95. The molecule has 0 aliphatic rings. The minimum atomic E-state index is 0.808. The van der Waals surface area contributed by atoms with E-state index in [1.807, 2.05) is 34.8 Å². The van der Waals surface area contributed by atoms with Crippen molar-refractivity contribution in [3.63, 3.8) is 0 Å². The molecule has 9 aromatic carbocycles. The van der Waals surface area contributed by atoms with Gasteiger partial charge in [-0.1, -0.05) is 127 Å². The van der Waals surface area contributed by atoms with Crippen molar-refractivity contribution in [3.8, 4) is 39.3 Å². The molecular formula is C57H32N2OS2. The summed E-state index contributed by atoms with van der Waals surface area (Å²) in [5, 5.41) is 12.2. The molecule has 5 heterocycles. The summed E-state index contributed by atoms with van der Waals surface area (Å²) >= 11 is 3.77. The molecule has 0 aliphatic carbocycles. The van der Waals surface area contributed by atoms with Gasteiger partial charge < -0.3 is 8.98 Å². The number of nitrogens with zero attached hydrogens (tertiary/aromatic N) is 2. The number of para-hydroxylation sites is 2. The fourth-order valence-electron chi connectivity index (χ4n) is 9.90. The molecular weight excluding hydrogens is 793 g/mol. The highest BCUT2D eigenvalue weighted by Crippen LogP contribution is 2.49. The largest absolute Gasteiger partial charge is 0.454 e. The van der Waals surface area contributed by atoms with E-state index in [4.69, 9.17) is 9.40 Å². The number of rotatable bonds is 4. The monoisotopic (exact) mass is 824 g/mol. The molecule has 14 rings (SSSR count). The zero-order valence-electron chi connectivity index (χ0n) is 33.1. The standard InChI is InChI=1S/C57H32N2OS2/c1-2-12-35-29-37(22-21-33(35)11-1)54-56-46(40-14-4-8-18-49(40)60-56)32-47(58-54)34-23-26-38(27-24-34)59-48-17-7-3-13-39(48)45-31-43(57-53(55(45)59)42-16-6-10-20-51(42)62-57)36-25-28-52-44(30-36)41-15-5-9-19-50(41)61-52/h1-32H. The predicted octanol–water partition coefficient (Wildman–Crippen LogP) is 17.0. The summed E-state index contributed by atoms with van der Waals surface area (Å²) in [7, 11) is 0. The van der Waals surface area contributed by atoms with Gasteiger partial charge >= 0.3 is 0 Å². The molecule has 0 spiro atoms. The summed E-state index contributed by atoms with van der Waals surface area (Å²) in [4.78, 5) is 5.38. The minimum Gasteiger partial charge on any atom is -0.454 e. The topological polar surface area (TPSA) is 31.0 Å². The minimum absolute atomic E-state index is 0.808. The average molecular weight is 825 g/mol. The molecule has 5 aromatic heterocycles. The van der Waals surface area contributed by atoms with Gasteiger partial charge in [-0.05, 0) is 83.1 Å². The highest BCUT2D eigenvalue weighted by atomic mass is 32.1. The Balaban J connectivity index is 0.983. The Morgan fingerprint density at radius 1 is 0.435 bits per heavy atom. The summed E-state index contributed by atoms with van der Waals surface area (Å²) in [5.74, 6) is 0. The average Bonchev–Trinajstić information content (AvgIpc) is 4.10. The van der Waals surface area contributed by atoms with Gasteiger partial charge in [0.15, 0.2) is 5.58 Å². The van der Waals surface area contributed by atoms with Crippen LogP contribution in [0.3, 0.4) is 0 Å². The first-order valence-corrected chi connectivity index (χ1v) is 22.6. The van der Waals surface area contributed by atoms with Crippen molar-refractivity contribution in [1.82, 2.24) is 9.55 Å². The fourth-order valence-corrected chi connectivity index (χ4v) is 12.2. The molecule has 0 amide bonds. The lowest BCUT2D eigenvalue weighted by atomic mass is 9.97. The van der Waals surface area contributed by atoms with Crippen molar-refractivity contribution in [2.45, 2.75) is 0 Å². The Morgan fingerprint density at radius 3 is 1.98 bits per heavy atom. The molecule has 0 atom stereocenters. The van der Waals surface area contributed by atoms with E-state index in [2.05, 4.69) is 187 Å². The van der Waals surface area contributed by atoms with Gasteiger partial charge in [0.25, 0.3) is 0 Å². The van der Waals surface area contributed by atoms with Crippen LogP contribution >= 0.6 is 22.7 Å². The van der Waals surface area contributed by atoms with E-state index in [0.29, 0.717) is 0 Å². The molecule has 14 aromatic rings. The van der Waals surface area contributed by atoms with Crippen LogP contribution in [0.1, 0.15) is 0 Å². The van der Waals surface area contributed by atoms with Gasteiger partial charge in [-0.3, -0.25) is 0 Å². The van der Waals surface area contributed by atoms with Gasteiger partial charge in [-0.25, -0.2) is 4.98 Å². The summed E-state index contributed by atoms with van der Waals surface area (Å²) in [6.45, 7) is 0. The van der Waals surface area contributed by atoms with Crippen molar-refractivity contribution in [1.29, 1.82) is 0 Å². The molecule has 0 saturated carbocycles. The van der Waals surface area contributed by atoms with E-state index in [1.165, 1.54) is 84.0 Å². The Labute approximate surface area is 363 Å². The highest BCUT2D eigenvalue weighted by molar-refractivity contribution is 7.26. The van der Waals surface area contributed by atoms with Crippen LogP contribution in [0.4, 0.5) is 0 Å². The molecule has 62 heavy (non-hydrogen) atoms. The lowest BCUT2D eigenvalue weighted by molar-refractivity contribution is 0.668. The number of pyridine rings is 1. The molecule has 0 unspecified atom stereocenters. The fraction of sp³-hybridized carbons (Fsp3) is 0. The summed E-state index contributed by atoms with van der Waals surface area (Å²) in [6, 6.07) is 70.6. The van der Waals surface area contributed by atoms with Crippen LogP contribution in [0.15, 0.2) is 199 Å². The van der Waals surface area contributed by atoms with Crippen molar-refractivity contribution >= 4 is 118 Å². The lowest BCUT2D eigenvalue weighted by Gasteiger charge is -2.12. The zero-order valence-corrected chi connectivity index (χ0v) is 34.7. The second-order valence-corrected chi connectivity index (χ2v) is 18.4. The third kappa shape index (κ3) is 4.95. The van der Waals surface area contributed by atoms with Crippen LogP contribution in [0.2, 0.25) is 0 Å². The van der Waals surface area contributed by atoms with E-state index in [-0.39, 0.29) is 0 Å². The van der Waals surface area contributed by atoms with Gasteiger partial charge in [0.2, 0.25) is 0 Å². The third-order valence-electron chi connectivity index (χ3n) is 12.8. The van der Waals surface area contributed by atoms with Crippen LogP contribution in [0, 0.1) is 0 Å². The third-order valence-corrected chi connectivity index (χ3v) is 15.1. The van der Waals surface area contributed by atoms with E-state index >= 15 is 0 Å². The van der Waals surface area contributed by atoms with E-state index in [0.717, 1.165) is 50.1 Å². The van der Waals surface area contributed by atoms with E-state index in [1.54, 1.807) is 0 Å². The second kappa shape index (κ2) is 13.0. The van der Waals surface area contributed by atoms with Gasteiger partial charge in [0.05, 0.1) is 16.7 Å². The molecule has 0 saturated heterocycles. The number of aromatic nitrogens is 2. The Morgan fingerprint density at radius 2 is 1.11 bits per heavy atom. The first-order valence-electron chi connectivity index (χ1n) is 20.9. The number of fused-ring (bicyclic) bond motifs is 14. The smallest absolute Gasteiger partial charge is 0.161 e. The maximum Gasteiger partial charge on any atom is 0.161 e. The van der Waals surface area contributed by atoms with Gasteiger partial charge in [-0.15, -0.1) is 22.7 Å². The molecule has 3 nitrogen and oxygen atoms in total. The van der Waals surface area contributed by atoms with Crippen molar-refractivity contribution < 1.29 is 4.42 Å². The molecule has 0 fully saturated rings. The van der Waals surface area contributed by atoms with Crippen molar-refractivity contribution in [2.24, 2.45) is 0 Å². The summed E-state index contributed by atoms with van der Waals surface area (Å²) in [6.07, 6.45) is 0. The van der Waals surface area contributed by atoms with Crippen molar-refractivity contribution in [2.75, 3.05) is 0 Å². The molecule has 0 radical (unpaired) electrons. The molecule has 0 aliphatic heterocycles. The maximum absolute atomic E-state index is 6.55. The number of hydrogen-bond donors (Lipinski definition) is 0. The van der Waals surface area contributed by atoms with Crippen LogP contribution in [-0.4, -0.2) is 9.55 Å². The number of benzene rings is 9. The molecule has 0 bridgehead atoms. The van der Waals surface area contributed by atoms with E-state index in [9.17, 15) is 0 Å². The summed E-state index contributed by atoms with van der Waals surface area (Å²) < 4.78 is 14.3. The molecule has 288 valence electrons. The highest BCUT2D eigenvalue weighted by Gasteiger charge is 2.23. The van der Waals surface area contributed by atoms with Gasteiger partial charge in [0.1, 0.15) is 11.3 Å². The van der Waals surface area contributed by atoms with Gasteiger partial charge in [0, 0.05) is 84.3 Å². The van der Waals surface area contributed by atoms with Crippen LogP contribution in [0.5, 0.6) is 0 Å². The SMILES string of the molecule is c1ccc2cc(-c3nc(-c4ccc(-n5c6ccccc6c6cc(-c7ccc8sc9ccccc9c8c7)c7sc8ccccc8c7c65)cc4)cc4c3oc3ccccc34)ccc2c1. The number of thiophene rings is 2. The zero-order chi connectivity index (χ0) is 40.5. The van der Waals surface area contributed by atoms with Crippen LogP contribution in [-0.2, 0) is 0 Å². The molecule has 5 heteroatoms. The Kier molecular flexibility index (Phi) is 7.15. The second-order valence-electron chi connectivity index (χ2n) is 16.2. The Hall–Kier alpha value is -7.57. The number of furan rings is 1. The first-order chi connectivity index (χ1) is 30.7. The predicted molar refractivity (Wildman–Crippen MR) is 265 cm³/mol. The summed E-state index contributed by atoms with van der Waals surface area (Å²) in [5.41, 5.74) is 11.6. The van der Waals surface area contributed by atoms with Crippen LogP contribution < -0.4 is 0 Å². The molecule has 0 N–H and O–H groups in total. The maximum atomic E-state index is 6.55. The quantitative estimate of drug-likeness (QED) is 0.177. The normalized spacial score (nSPS) is 12.2.